The molecule has 2 aromatic heterocycles. The number of benzene rings is 2. The van der Waals surface area contributed by atoms with E-state index in [1.165, 1.54) is 10.9 Å². The molecule has 1 saturated heterocycles. The predicted octanol–water partition coefficient (Wildman–Crippen LogP) is 3.54. The molecule has 0 unspecified atom stereocenters. The van der Waals surface area contributed by atoms with Crippen LogP contribution in [-0.4, -0.2) is 51.9 Å². The van der Waals surface area contributed by atoms with Gasteiger partial charge in [0.2, 0.25) is 0 Å². The standard InChI is InChI=1S/C23H24FN5O/c1-15(2)27-10-12-28(13-11-27)19-9-8-17-21-18(14-25-22(17)20(19)24)23(30)29(26-21)16-6-4-3-5-7-16/h3-9,14-15,26H,10-13H2,1-2H3. The van der Waals surface area contributed by atoms with E-state index in [1.54, 1.807) is 0 Å². The molecule has 4 aromatic rings. The molecular formula is C23H24FN5O. The van der Waals surface area contributed by atoms with Gasteiger partial charge in [0, 0.05) is 43.8 Å². The van der Waals surface area contributed by atoms with E-state index >= 15 is 4.39 Å². The van der Waals surface area contributed by atoms with Crippen LogP contribution in [0.2, 0.25) is 0 Å². The van der Waals surface area contributed by atoms with Gasteiger partial charge in [-0.15, -0.1) is 0 Å². The molecule has 1 N–H and O–H groups in total. The predicted molar refractivity (Wildman–Crippen MR) is 118 cm³/mol. The highest BCUT2D eigenvalue weighted by Crippen LogP contribution is 2.30. The Labute approximate surface area is 173 Å². The number of aromatic amines is 1. The van der Waals surface area contributed by atoms with Crippen molar-refractivity contribution < 1.29 is 4.39 Å². The second-order valence-corrected chi connectivity index (χ2v) is 8.05. The number of piperazine rings is 1. The molecule has 1 fully saturated rings. The van der Waals surface area contributed by atoms with E-state index in [4.69, 9.17) is 0 Å². The minimum Gasteiger partial charge on any atom is -0.367 e. The Hall–Kier alpha value is -3.19. The Bertz CT molecular complexity index is 1270. The average Bonchev–Trinajstić information content (AvgIpc) is 3.12. The molecule has 0 aliphatic carbocycles. The first-order chi connectivity index (χ1) is 14.5. The first kappa shape index (κ1) is 18.8. The molecule has 0 spiro atoms. The van der Waals surface area contributed by atoms with Gasteiger partial charge < -0.3 is 4.90 Å². The van der Waals surface area contributed by atoms with Crippen LogP contribution in [0.25, 0.3) is 27.5 Å². The molecule has 6 nitrogen and oxygen atoms in total. The Morgan fingerprint density at radius 2 is 1.73 bits per heavy atom. The summed E-state index contributed by atoms with van der Waals surface area (Å²) < 4.78 is 16.9. The quantitative estimate of drug-likeness (QED) is 0.567. The summed E-state index contributed by atoms with van der Waals surface area (Å²) in [6, 6.07) is 13.5. The lowest BCUT2D eigenvalue weighted by atomic mass is 10.1. The van der Waals surface area contributed by atoms with Crippen LogP contribution in [0, 0.1) is 5.82 Å². The number of para-hydroxylation sites is 1. The van der Waals surface area contributed by atoms with Crippen molar-refractivity contribution in [1.82, 2.24) is 19.7 Å². The number of rotatable bonds is 3. The van der Waals surface area contributed by atoms with Gasteiger partial charge in [-0.2, -0.15) is 0 Å². The summed E-state index contributed by atoms with van der Waals surface area (Å²) in [5, 5.41) is 4.21. The Kier molecular flexibility index (Phi) is 4.55. The summed E-state index contributed by atoms with van der Waals surface area (Å²) in [6.07, 6.45) is 1.47. The third-order valence-electron chi connectivity index (χ3n) is 6.01. The van der Waals surface area contributed by atoms with Crippen LogP contribution < -0.4 is 10.5 Å². The fourth-order valence-electron chi connectivity index (χ4n) is 4.27. The molecule has 1 aliphatic heterocycles. The molecule has 0 saturated carbocycles. The Balaban J connectivity index is 1.58. The maximum absolute atomic E-state index is 15.5. The number of fused-ring (bicyclic) bond motifs is 3. The van der Waals surface area contributed by atoms with Crippen LogP contribution >= 0.6 is 0 Å². The third kappa shape index (κ3) is 2.97. The van der Waals surface area contributed by atoms with Crippen molar-refractivity contribution >= 4 is 27.5 Å². The number of hydrogen-bond acceptors (Lipinski definition) is 4. The number of anilines is 1. The van der Waals surface area contributed by atoms with Gasteiger partial charge >= 0.3 is 0 Å². The number of pyridine rings is 1. The minimum atomic E-state index is -0.333. The maximum Gasteiger partial charge on any atom is 0.280 e. The van der Waals surface area contributed by atoms with Crippen molar-refractivity contribution in [3.63, 3.8) is 0 Å². The van der Waals surface area contributed by atoms with Gasteiger partial charge in [0.05, 0.1) is 22.3 Å². The van der Waals surface area contributed by atoms with E-state index < -0.39 is 0 Å². The number of H-pyrrole nitrogens is 1. The van der Waals surface area contributed by atoms with Crippen LogP contribution in [0.5, 0.6) is 0 Å². The third-order valence-corrected chi connectivity index (χ3v) is 6.01. The van der Waals surface area contributed by atoms with Crippen LogP contribution in [0.3, 0.4) is 0 Å². The second kappa shape index (κ2) is 7.25. The summed E-state index contributed by atoms with van der Waals surface area (Å²) in [7, 11) is 0. The summed E-state index contributed by atoms with van der Waals surface area (Å²) in [6.45, 7) is 7.76. The molecule has 3 heterocycles. The summed E-state index contributed by atoms with van der Waals surface area (Å²) >= 11 is 0. The molecule has 0 amide bonds. The molecule has 7 heteroatoms. The van der Waals surface area contributed by atoms with Gasteiger partial charge in [0.1, 0.15) is 5.52 Å². The van der Waals surface area contributed by atoms with Gasteiger partial charge in [-0.3, -0.25) is 19.8 Å². The van der Waals surface area contributed by atoms with Gasteiger partial charge in [0.25, 0.3) is 5.56 Å². The topological polar surface area (TPSA) is 57.2 Å². The lowest BCUT2D eigenvalue weighted by molar-refractivity contribution is 0.209. The zero-order valence-electron chi connectivity index (χ0n) is 17.1. The Morgan fingerprint density at radius 3 is 2.43 bits per heavy atom. The maximum atomic E-state index is 15.5. The van der Waals surface area contributed by atoms with E-state index in [2.05, 4.69) is 33.7 Å². The highest BCUT2D eigenvalue weighted by atomic mass is 19.1. The van der Waals surface area contributed by atoms with E-state index in [1.807, 2.05) is 42.5 Å². The number of hydrogen-bond donors (Lipinski definition) is 1. The average molecular weight is 405 g/mol. The number of aromatic nitrogens is 3. The van der Waals surface area contributed by atoms with Crippen molar-refractivity contribution in [1.29, 1.82) is 0 Å². The molecule has 0 atom stereocenters. The van der Waals surface area contributed by atoms with Crippen LogP contribution in [0.1, 0.15) is 13.8 Å². The lowest BCUT2D eigenvalue weighted by Gasteiger charge is -2.38. The molecule has 1 aliphatic rings. The van der Waals surface area contributed by atoms with Gasteiger partial charge in [-0.1, -0.05) is 18.2 Å². The van der Waals surface area contributed by atoms with Crippen LogP contribution in [-0.2, 0) is 0 Å². The van der Waals surface area contributed by atoms with Crippen molar-refractivity contribution in [3.05, 3.63) is 64.8 Å². The van der Waals surface area contributed by atoms with E-state index in [9.17, 15) is 4.79 Å². The second-order valence-electron chi connectivity index (χ2n) is 8.05. The first-order valence-electron chi connectivity index (χ1n) is 10.3. The van der Waals surface area contributed by atoms with E-state index in [-0.39, 0.29) is 16.9 Å². The highest BCUT2D eigenvalue weighted by Gasteiger charge is 2.23. The zero-order valence-corrected chi connectivity index (χ0v) is 17.1. The lowest BCUT2D eigenvalue weighted by Crippen LogP contribution is -2.49. The Morgan fingerprint density at radius 1 is 1.00 bits per heavy atom. The largest absolute Gasteiger partial charge is 0.367 e. The van der Waals surface area contributed by atoms with Crippen molar-refractivity contribution in [3.8, 4) is 5.69 Å². The van der Waals surface area contributed by atoms with Crippen molar-refractivity contribution in [2.75, 3.05) is 31.1 Å². The normalized spacial score (nSPS) is 15.5. The SMILES string of the molecule is CC(C)N1CCN(c2ccc3c(ncc4c(=O)n(-c5ccccc5)[nH]c43)c2F)CC1. The molecule has 30 heavy (non-hydrogen) atoms. The van der Waals surface area contributed by atoms with Crippen LogP contribution in [0.15, 0.2) is 53.5 Å². The number of halogens is 1. The minimum absolute atomic E-state index is 0.195. The number of nitrogens with zero attached hydrogens (tertiary/aromatic N) is 4. The van der Waals surface area contributed by atoms with Gasteiger partial charge in [-0.25, -0.2) is 9.07 Å². The smallest absolute Gasteiger partial charge is 0.280 e. The summed E-state index contributed by atoms with van der Waals surface area (Å²) in [5.74, 6) is -0.333. The summed E-state index contributed by atoms with van der Waals surface area (Å²) in [4.78, 5) is 21.7. The van der Waals surface area contributed by atoms with Crippen molar-refractivity contribution in [2.24, 2.45) is 0 Å². The number of nitrogens with one attached hydrogen (secondary N) is 1. The molecule has 0 bridgehead atoms. The molecular weight excluding hydrogens is 381 g/mol. The van der Waals surface area contributed by atoms with Crippen molar-refractivity contribution in [2.45, 2.75) is 19.9 Å². The fourth-order valence-corrected chi connectivity index (χ4v) is 4.27. The van der Waals surface area contributed by atoms with Gasteiger partial charge in [0.15, 0.2) is 5.82 Å². The van der Waals surface area contributed by atoms with Crippen LogP contribution in [0.4, 0.5) is 10.1 Å². The molecule has 154 valence electrons. The molecule has 5 rings (SSSR count). The molecule has 2 aromatic carbocycles. The zero-order chi connectivity index (χ0) is 20.8. The highest BCUT2D eigenvalue weighted by molar-refractivity contribution is 6.04. The monoisotopic (exact) mass is 405 g/mol. The fraction of sp³-hybridized carbons (Fsp3) is 0.304. The van der Waals surface area contributed by atoms with E-state index in [0.717, 1.165) is 31.9 Å². The molecule has 0 radical (unpaired) electrons. The first-order valence-corrected chi connectivity index (χ1v) is 10.3. The summed E-state index contributed by atoms with van der Waals surface area (Å²) in [5.41, 5.74) is 1.99. The van der Waals surface area contributed by atoms with E-state index in [0.29, 0.717) is 28.0 Å². The van der Waals surface area contributed by atoms with Gasteiger partial charge in [-0.05, 0) is 38.1 Å².